The molecule has 2 aromatic rings. The number of nitrogen functional groups attached to an aromatic ring is 1. The van der Waals surface area contributed by atoms with E-state index in [9.17, 15) is 10.1 Å². The van der Waals surface area contributed by atoms with Gasteiger partial charge in [0.1, 0.15) is 11.8 Å². The van der Waals surface area contributed by atoms with E-state index < -0.39 is 0 Å². The zero-order chi connectivity index (χ0) is 12.4. The normalized spacial score (nSPS) is 10.9. The largest absolute Gasteiger partial charge is 0.382 e. The lowest BCUT2D eigenvalue weighted by molar-refractivity contribution is -0.480. The molecule has 90 valence electrons. The summed E-state index contributed by atoms with van der Waals surface area (Å²) in [7, 11) is 0. The molecule has 0 fully saturated rings. The average Bonchev–Trinajstić information content (AvgIpc) is 2.57. The van der Waals surface area contributed by atoms with Crippen molar-refractivity contribution in [2.75, 3.05) is 12.3 Å². The van der Waals surface area contributed by atoms with E-state index in [1.54, 1.807) is 4.52 Å². The third-order valence-electron chi connectivity index (χ3n) is 2.38. The van der Waals surface area contributed by atoms with Gasteiger partial charge in [-0.2, -0.15) is 5.10 Å². The van der Waals surface area contributed by atoms with Crippen LogP contribution in [0, 0.1) is 10.1 Å². The van der Waals surface area contributed by atoms with Gasteiger partial charge in [0, 0.05) is 21.5 Å². The van der Waals surface area contributed by atoms with Gasteiger partial charge >= 0.3 is 0 Å². The van der Waals surface area contributed by atoms with E-state index in [4.69, 9.17) is 5.73 Å². The highest BCUT2D eigenvalue weighted by molar-refractivity contribution is 9.10. The van der Waals surface area contributed by atoms with Crippen LogP contribution in [0.4, 0.5) is 5.82 Å². The number of anilines is 1. The predicted octanol–water partition coefficient (Wildman–Crippen LogP) is 1.28. The van der Waals surface area contributed by atoms with Gasteiger partial charge in [0.05, 0.1) is 0 Å². The Morgan fingerprint density at radius 1 is 1.59 bits per heavy atom. The highest BCUT2D eigenvalue weighted by Gasteiger charge is 2.12. The van der Waals surface area contributed by atoms with Crippen molar-refractivity contribution in [2.24, 2.45) is 0 Å². The molecule has 2 N–H and O–H groups in total. The van der Waals surface area contributed by atoms with Crippen molar-refractivity contribution in [1.29, 1.82) is 0 Å². The Morgan fingerprint density at radius 3 is 3.06 bits per heavy atom. The molecule has 7 nitrogen and oxygen atoms in total. The van der Waals surface area contributed by atoms with Crippen molar-refractivity contribution in [1.82, 2.24) is 14.6 Å². The maximum absolute atomic E-state index is 10.3. The third kappa shape index (κ3) is 2.36. The number of halogens is 1. The number of nitro groups is 1. The Bertz CT molecular complexity index is 568. The van der Waals surface area contributed by atoms with Crippen LogP contribution >= 0.6 is 15.9 Å². The smallest absolute Gasteiger partial charge is 0.204 e. The molecule has 0 aliphatic carbocycles. The van der Waals surface area contributed by atoms with Gasteiger partial charge in [-0.25, -0.2) is 9.50 Å². The fourth-order valence-corrected chi connectivity index (χ4v) is 2.29. The standard InChI is InChI=1S/C9H10BrN5O2/c10-7-4-6(2-1-3-14(16)17)15-8(7)9(11)12-5-13-15/h4-5H,1-3H2,(H2,11,12,13). The molecule has 0 bridgehead atoms. The minimum Gasteiger partial charge on any atom is -0.382 e. The lowest BCUT2D eigenvalue weighted by Gasteiger charge is -2.01. The first kappa shape index (κ1) is 11.8. The zero-order valence-corrected chi connectivity index (χ0v) is 10.4. The topological polar surface area (TPSA) is 99.3 Å². The van der Waals surface area contributed by atoms with Gasteiger partial charge in [-0.15, -0.1) is 0 Å². The third-order valence-corrected chi connectivity index (χ3v) is 2.99. The van der Waals surface area contributed by atoms with E-state index in [-0.39, 0.29) is 11.5 Å². The molecule has 8 heteroatoms. The van der Waals surface area contributed by atoms with Crippen molar-refractivity contribution in [3.05, 3.63) is 32.7 Å². The summed E-state index contributed by atoms with van der Waals surface area (Å²) in [5.41, 5.74) is 7.31. The molecule has 0 amide bonds. The second-order valence-electron chi connectivity index (χ2n) is 3.55. The van der Waals surface area contributed by atoms with Crippen LogP contribution in [0.2, 0.25) is 0 Å². The molecule has 0 spiro atoms. The molecule has 17 heavy (non-hydrogen) atoms. The van der Waals surface area contributed by atoms with Gasteiger partial charge in [0.15, 0.2) is 5.82 Å². The molecule has 0 atom stereocenters. The molecule has 0 saturated heterocycles. The van der Waals surface area contributed by atoms with Gasteiger partial charge in [-0.05, 0) is 28.4 Å². The molecule has 0 aliphatic heterocycles. The highest BCUT2D eigenvalue weighted by atomic mass is 79.9. The summed E-state index contributed by atoms with van der Waals surface area (Å²) in [5, 5.41) is 14.3. The maximum Gasteiger partial charge on any atom is 0.204 e. The number of hydrogen-bond donors (Lipinski definition) is 1. The number of aromatic nitrogens is 3. The molecule has 0 aromatic carbocycles. The minimum atomic E-state index is -0.325. The summed E-state index contributed by atoms with van der Waals surface area (Å²) in [6.45, 7) is -0.0502. The van der Waals surface area contributed by atoms with E-state index in [1.807, 2.05) is 6.07 Å². The van der Waals surface area contributed by atoms with Crippen molar-refractivity contribution in [3.63, 3.8) is 0 Å². The van der Waals surface area contributed by atoms with Crippen LogP contribution < -0.4 is 5.73 Å². The van der Waals surface area contributed by atoms with Crippen LogP contribution in [-0.2, 0) is 6.42 Å². The molecule has 2 aromatic heterocycles. The second-order valence-corrected chi connectivity index (χ2v) is 4.40. The van der Waals surface area contributed by atoms with Crippen LogP contribution in [-0.4, -0.2) is 26.1 Å². The van der Waals surface area contributed by atoms with Crippen LogP contribution in [0.25, 0.3) is 5.52 Å². The minimum absolute atomic E-state index is 0.0502. The molecule has 0 radical (unpaired) electrons. The number of hydrogen-bond acceptors (Lipinski definition) is 5. The average molecular weight is 300 g/mol. The first-order chi connectivity index (χ1) is 8.09. The van der Waals surface area contributed by atoms with Crippen LogP contribution in [0.3, 0.4) is 0 Å². The molecule has 0 unspecified atom stereocenters. The summed E-state index contributed by atoms with van der Waals surface area (Å²) in [5.74, 6) is 0.382. The Balaban J connectivity index is 2.29. The van der Waals surface area contributed by atoms with Gasteiger partial charge in [0.25, 0.3) is 0 Å². The zero-order valence-electron chi connectivity index (χ0n) is 8.84. The number of fused-ring (bicyclic) bond motifs is 1. The van der Waals surface area contributed by atoms with Crippen molar-refractivity contribution >= 4 is 27.3 Å². The molecular weight excluding hydrogens is 290 g/mol. The molecule has 0 saturated carbocycles. The monoisotopic (exact) mass is 299 g/mol. The number of nitrogens with zero attached hydrogens (tertiary/aromatic N) is 4. The molecule has 2 rings (SSSR count). The fourth-order valence-electron chi connectivity index (χ4n) is 1.65. The Kier molecular flexibility index (Phi) is 3.23. The number of nitrogens with two attached hydrogens (primary N) is 1. The Morgan fingerprint density at radius 2 is 2.35 bits per heavy atom. The van der Waals surface area contributed by atoms with Crippen molar-refractivity contribution < 1.29 is 4.92 Å². The van der Waals surface area contributed by atoms with Crippen LogP contribution in [0.15, 0.2) is 16.9 Å². The van der Waals surface area contributed by atoms with Gasteiger partial charge in [0.2, 0.25) is 6.54 Å². The number of aryl methyl sites for hydroxylation is 1. The van der Waals surface area contributed by atoms with E-state index in [2.05, 4.69) is 26.0 Å². The van der Waals surface area contributed by atoms with Gasteiger partial charge in [-0.3, -0.25) is 10.1 Å². The lowest BCUT2D eigenvalue weighted by atomic mass is 10.2. The van der Waals surface area contributed by atoms with Gasteiger partial charge < -0.3 is 5.73 Å². The molecular formula is C9H10BrN5O2. The van der Waals surface area contributed by atoms with Crippen molar-refractivity contribution in [3.8, 4) is 0 Å². The van der Waals surface area contributed by atoms with Crippen molar-refractivity contribution in [2.45, 2.75) is 12.8 Å². The summed E-state index contributed by atoms with van der Waals surface area (Å²) in [6, 6.07) is 1.86. The maximum atomic E-state index is 10.3. The lowest BCUT2D eigenvalue weighted by Crippen LogP contribution is -2.05. The first-order valence-corrected chi connectivity index (χ1v) is 5.77. The van der Waals surface area contributed by atoms with Crippen LogP contribution in [0.1, 0.15) is 12.1 Å². The summed E-state index contributed by atoms with van der Waals surface area (Å²) < 4.78 is 2.46. The van der Waals surface area contributed by atoms with E-state index >= 15 is 0 Å². The summed E-state index contributed by atoms with van der Waals surface area (Å²) in [4.78, 5) is 13.8. The van der Waals surface area contributed by atoms with E-state index in [0.717, 1.165) is 10.2 Å². The Labute approximate surface area is 105 Å². The first-order valence-electron chi connectivity index (χ1n) is 4.98. The summed E-state index contributed by atoms with van der Waals surface area (Å²) in [6.07, 6.45) is 2.41. The number of rotatable bonds is 4. The molecule has 0 aliphatic rings. The van der Waals surface area contributed by atoms with Gasteiger partial charge in [-0.1, -0.05) is 0 Å². The quantitative estimate of drug-likeness (QED) is 0.677. The van der Waals surface area contributed by atoms with E-state index in [1.165, 1.54) is 6.33 Å². The predicted molar refractivity (Wildman–Crippen MR) is 65.3 cm³/mol. The highest BCUT2D eigenvalue weighted by Crippen LogP contribution is 2.25. The van der Waals surface area contributed by atoms with Crippen LogP contribution in [0.5, 0.6) is 0 Å². The molecule has 2 heterocycles. The van der Waals surface area contributed by atoms with E-state index in [0.29, 0.717) is 24.2 Å². The second kappa shape index (κ2) is 4.66. The summed E-state index contributed by atoms with van der Waals surface area (Å²) >= 11 is 3.37. The Hall–Kier alpha value is -1.70. The fraction of sp³-hybridized carbons (Fsp3) is 0.333. The SMILES string of the molecule is Nc1ncnn2c(CCC[N+](=O)[O-])cc(Br)c12.